The van der Waals surface area contributed by atoms with Crippen LogP contribution in [0, 0.1) is 0 Å². The van der Waals surface area contributed by atoms with Gasteiger partial charge in [0.05, 0.1) is 40.3 Å². The highest BCUT2D eigenvalue weighted by molar-refractivity contribution is 5.70. The normalized spacial score (nSPS) is 13.1. The Kier molecular flexibility index (Phi) is 37.1. The Morgan fingerprint density at radius 2 is 1.02 bits per heavy atom. The Morgan fingerprint density at radius 3 is 1.49 bits per heavy atom. The summed E-state index contributed by atoms with van der Waals surface area (Å²) in [6, 6.07) is -0.723. The monoisotopic (exact) mass is 778 g/mol. The van der Waals surface area contributed by atoms with Crippen LogP contribution in [0.15, 0.2) is 24.3 Å². The largest absolute Gasteiger partial charge is 0.544 e. The maximum atomic E-state index is 12.7. The second kappa shape index (κ2) is 38.7. The third-order valence-corrected chi connectivity index (χ3v) is 10.4. The van der Waals surface area contributed by atoms with Gasteiger partial charge in [-0.2, -0.15) is 0 Å². The molecule has 2 atom stereocenters. The van der Waals surface area contributed by atoms with Crippen molar-refractivity contribution in [2.45, 2.75) is 219 Å². The average Bonchev–Trinajstić information content (AvgIpc) is 3.14. The number of unbranched alkanes of at least 4 members (excludes halogenated alkanes) is 23. The van der Waals surface area contributed by atoms with Crippen LogP contribution >= 0.6 is 0 Å². The van der Waals surface area contributed by atoms with Gasteiger partial charge in [0, 0.05) is 19.3 Å². The van der Waals surface area contributed by atoms with Crippen molar-refractivity contribution in [3.8, 4) is 0 Å². The van der Waals surface area contributed by atoms with E-state index in [2.05, 4.69) is 38.2 Å². The first-order valence-electron chi connectivity index (χ1n) is 22.9. The molecule has 0 aromatic rings. The van der Waals surface area contributed by atoms with Crippen molar-refractivity contribution in [1.82, 2.24) is 0 Å². The van der Waals surface area contributed by atoms with Gasteiger partial charge in [0.2, 0.25) is 0 Å². The molecule has 0 aliphatic carbocycles. The lowest BCUT2D eigenvalue weighted by Gasteiger charge is -2.34. The highest BCUT2D eigenvalue weighted by atomic mass is 16.6. The lowest BCUT2D eigenvalue weighted by atomic mass is 10.0. The van der Waals surface area contributed by atoms with Gasteiger partial charge in [0.15, 0.2) is 6.10 Å². The Labute approximate surface area is 339 Å². The number of carboxylic acid groups (broad SMARTS) is 1. The summed E-state index contributed by atoms with van der Waals surface area (Å²) in [5.74, 6) is -1.73. The molecular weight excluding hydrogens is 691 g/mol. The van der Waals surface area contributed by atoms with E-state index in [4.69, 9.17) is 14.2 Å². The van der Waals surface area contributed by atoms with Crippen LogP contribution < -0.4 is 5.11 Å². The SMILES string of the molecule is CC/C=C/C/C=C/CCCCCCCCCC(=O)OCC(COCCC(C(=O)[O-])[N+](C)(C)C)OC(=O)CCCCCCCCCCCCCCCCCCC. The summed E-state index contributed by atoms with van der Waals surface area (Å²) >= 11 is 0. The zero-order valence-corrected chi connectivity index (χ0v) is 36.6. The fourth-order valence-corrected chi connectivity index (χ4v) is 6.82. The summed E-state index contributed by atoms with van der Waals surface area (Å²) in [7, 11) is 5.41. The van der Waals surface area contributed by atoms with E-state index in [9.17, 15) is 19.5 Å². The molecule has 8 nitrogen and oxygen atoms in total. The lowest BCUT2D eigenvalue weighted by molar-refractivity contribution is -0.889. The number of ether oxygens (including phenoxy) is 3. The number of carbonyl (C=O) groups excluding carboxylic acids is 3. The Balaban J connectivity index is 4.29. The minimum Gasteiger partial charge on any atom is -0.544 e. The van der Waals surface area contributed by atoms with Gasteiger partial charge >= 0.3 is 11.9 Å². The molecule has 2 unspecified atom stereocenters. The standard InChI is InChI=1S/C47H87NO7/c1-6-8-10-12-14-16-18-20-22-23-24-26-28-30-32-34-36-38-46(50)55-43(41-53-40-39-44(47(51)52)48(3,4)5)42-54-45(49)37-35-33-31-29-27-25-21-19-17-15-13-11-9-7-2/h9,11,15,17,43-44H,6-8,10,12-14,16,18-42H2,1-5H3/b11-9+,17-15+. The van der Waals surface area contributed by atoms with Crippen LogP contribution in [-0.2, 0) is 28.6 Å². The molecule has 8 heteroatoms. The molecule has 0 aromatic carbocycles. The molecular formula is C47H87NO7. The van der Waals surface area contributed by atoms with Gasteiger partial charge in [-0.3, -0.25) is 9.59 Å². The summed E-state index contributed by atoms with van der Waals surface area (Å²) in [4.78, 5) is 36.9. The third kappa shape index (κ3) is 37.2. The first-order chi connectivity index (χ1) is 26.6. The van der Waals surface area contributed by atoms with Crippen LogP contribution in [0.2, 0.25) is 0 Å². The highest BCUT2D eigenvalue weighted by Gasteiger charge is 2.25. The minimum atomic E-state index is -1.12. The number of quaternary nitrogens is 1. The van der Waals surface area contributed by atoms with Gasteiger partial charge in [0.25, 0.3) is 0 Å². The zero-order valence-electron chi connectivity index (χ0n) is 36.6. The molecule has 322 valence electrons. The van der Waals surface area contributed by atoms with E-state index < -0.39 is 18.1 Å². The number of allylic oxidation sites excluding steroid dienone is 4. The molecule has 0 fully saturated rings. The van der Waals surface area contributed by atoms with Crippen molar-refractivity contribution in [1.29, 1.82) is 0 Å². The van der Waals surface area contributed by atoms with E-state index in [1.54, 1.807) is 21.1 Å². The fraction of sp³-hybridized carbons (Fsp3) is 0.851. The molecule has 55 heavy (non-hydrogen) atoms. The number of aliphatic carboxylic acids is 1. The zero-order chi connectivity index (χ0) is 40.7. The predicted octanol–water partition coefficient (Wildman–Crippen LogP) is 11.1. The number of likely N-dealkylation sites (N-methyl/N-ethyl adjacent to an activating group) is 1. The van der Waals surface area contributed by atoms with Gasteiger partial charge in [-0.05, 0) is 38.5 Å². The van der Waals surface area contributed by atoms with E-state index in [0.717, 1.165) is 57.8 Å². The fourth-order valence-electron chi connectivity index (χ4n) is 6.82. The smallest absolute Gasteiger partial charge is 0.306 e. The van der Waals surface area contributed by atoms with Crippen LogP contribution in [0.3, 0.4) is 0 Å². The van der Waals surface area contributed by atoms with Crippen molar-refractivity contribution in [3.05, 3.63) is 24.3 Å². The quantitative estimate of drug-likeness (QED) is 0.0264. The third-order valence-electron chi connectivity index (χ3n) is 10.4. The number of rotatable bonds is 41. The molecule has 0 bridgehead atoms. The minimum absolute atomic E-state index is 0.0423. The second-order valence-corrected chi connectivity index (χ2v) is 16.6. The van der Waals surface area contributed by atoms with Crippen LogP contribution in [0.1, 0.15) is 206 Å². The number of esters is 2. The van der Waals surface area contributed by atoms with Crippen LogP contribution in [-0.4, -0.2) is 75.5 Å². The maximum Gasteiger partial charge on any atom is 0.306 e. The van der Waals surface area contributed by atoms with E-state index >= 15 is 0 Å². The highest BCUT2D eigenvalue weighted by Crippen LogP contribution is 2.16. The van der Waals surface area contributed by atoms with Crippen molar-refractivity contribution >= 4 is 17.9 Å². The van der Waals surface area contributed by atoms with E-state index in [1.165, 1.54) is 116 Å². The summed E-state index contributed by atoms with van der Waals surface area (Å²) in [6.45, 7) is 4.57. The summed E-state index contributed by atoms with van der Waals surface area (Å²) < 4.78 is 17.2. The first-order valence-corrected chi connectivity index (χ1v) is 22.9. The molecule has 0 aliphatic heterocycles. The molecule has 0 amide bonds. The van der Waals surface area contributed by atoms with Crippen LogP contribution in [0.25, 0.3) is 0 Å². The average molecular weight is 778 g/mol. The lowest BCUT2D eigenvalue weighted by Crippen LogP contribution is -2.55. The topological polar surface area (TPSA) is 102 Å². The van der Waals surface area contributed by atoms with Crippen LogP contribution in [0.4, 0.5) is 0 Å². The molecule has 0 radical (unpaired) electrons. The van der Waals surface area contributed by atoms with Crippen molar-refractivity contribution in [3.63, 3.8) is 0 Å². The van der Waals surface area contributed by atoms with E-state index in [-0.39, 0.29) is 42.7 Å². The second-order valence-electron chi connectivity index (χ2n) is 16.6. The summed E-state index contributed by atoms with van der Waals surface area (Å²) in [5, 5.41) is 11.6. The van der Waals surface area contributed by atoms with E-state index in [0.29, 0.717) is 12.8 Å². The van der Waals surface area contributed by atoms with E-state index in [1.807, 2.05) is 0 Å². The summed E-state index contributed by atoms with van der Waals surface area (Å²) in [6.07, 6.45) is 42.0. The molecule has 0 saturated carbocycles. The molecule has 0 rings (SSSR count). The number of nitrogens with zero attached hydrogens (tertiary/aromatic N) is 1. The summed E-state index contributed by atoms with van der Waals surface area (Å²) in [5.41, 5.74) is 0. The Bertz CT molecular complexity index is 957. The molecule has 0 aromatic heterocycles. The van der Waals surface area contributed by atoms with Crippen molar-refractivity contribution in [2.75, 3.05) is 41.0 Å². The van der Waals surface area contributed by atoms with Gasteiger partial charge in [-0.25, -0.2) is 0 Å². The molecule has 0 heterocycles. The Hall–Kier alpha value is -2.19. The van der Waals surface area contributed by atoms with Gasteiger partial charge in [-0.1, -0.05) is 173 Å². The van der Waals surface area contributed by atoms with Crippen LogP contribution in [0.5, 0.6) is 0 Å². The number of hydrogen-bond acceptors (Lipinski definition) is 7. The predicted molar refractivity (Wildman–Crippen MR) is 227 cm³/mol. The molecule has 0 spiro atoms. The van der Waals surface area contributed by atoms with Gasteiger partial charge < -0.3 is 28.6 Å². The van der Waals surface area contributed by atoms with Crippen molar-refractivity contribution in [2.24, 2.45) is 0 Å². The van der Waals surface area contributed by atoms with Gasteiger partial charge in [-0.15, -0.1) is 0 Å². The number of hydrogen-bond donors (Lipinski definition) is 0. The molecule has 0 aliphatic rings. The maximum absolute atomic E-state index is 12.7. The Morgan fingerprint density at radius 1 is 0.564 bits per heavy atom. The number of carboxylic acids is 1. The molecule has 0 saturated heterocycles. The first kappa shape index (κ1) is 52.8. The molecule has 0 N–H and O–H groups in total. The van der Waals surface area contributed by atoms with Crippen molar-refractivity contribution < 1.29 is 38.2 Å². The number of carbonyl (C=O) groups is 3. The van der Waals surface area contributed by atoms with Gasteiger partial charge in [0.1, 0.15) is 12.6 Å².